The topological polar surface area (TPSA) is 47.6 Å². The molecule has 0 spiro atoms. The Bertz CT molecular complexity index is 185. The standard InChI is InChI=1S/C7H13NO3S/c1-4-11-7(9)5(12)6(8-2)10-3/h8,12H,4H2,1-3H3/b6-5+. The van der Waals surface area contributed by atoms with E-state index in [1.165, 1.54) is 7.11 Å². The van der Waals surface area contributed by atoms with E-state index in [1.807, 2.05) is 0 Å². The zero-order valence-corrected chi connectivity index (χ0v) is 8.27. The summed E-state index contributed by atoms with van der Waals surface area (Å²) in [7, 11) is 3.08. The molecule has 0 heterocycles. The molecule has 0 bridgehead atoms. The van der Waals surface area contributed by atoms with E-state index in [4.69, 9.17) is 9.47 Å². The van der Waals surface area contributed by atoms with Gasteiger partial charge in [-0.3, -0.25) is 0 Å². The minimum Gasteiger partial charge on any atom is -0.482 e. The first kappa shape index (κ1) is 11.2. The molecule has 0 aliphatic carbocycles. The Labute approximate surface area is 77.3 Å². The van der Waals surface area contributed by atoms with Crippen molar-refractivity contribution in [1.29, 1.82) is 0 Å². The van der Waals surface area contributed by atoms with Crippen LogP contribution in [0.4, 0.5) is 0 Å². The molecule has 0 radical (unpaired) electrons. The van der Waals surface area contributed by atoms with Gasteiger partial charge in [-0.15, -0.1) is 12.6 Å². The van der Waals surface area contributed by atoms with E-state index < -0.39 is 5.97 Å². The third-order valence-electron chi connectivity index (χ3n) is 1.12. The van der Waals surface area contributed by atoms with E-state index in [1.54, 1.807) is 14.0 Å². The van der Waals surface area contributed by atoms with Gasteiger partial charge in [0.05, 0.1) is 13.7 Å². The number of esters is 1. The quantitative estimate of drug-likeness (QED) is 0.294. The van der Waals surface area contributed by atoms with Crippen molar-refractivity contribution in [2.24, 2.45) is 0 Å². The summed E-state index contributed by atoms with van der Waals surface area (Å²) in [5.74, 6) is -0.191. The van der Waals surface area contributed by atoms with Crippen molar-refractivity contribution in [2.45, 2.75) is 6.92 Å². The van der Waals surface area contributed by atoms with E-state index in [0.29, 0.717) is 12.5 Å². The molecule has 4 nitrogen and oxygen atoms in total. The molecule has 0 unspecified atom stereocenters. The lowest BCUT2D eigenvalue weighted by molar-refractivity contribution is -0.137. The van der Waals surface area contributed by atoms with Gasteiger partial charge in [0.25, 0.3) is 0 Å². The molecule has 5 heteroatoms. The number of carbonyl (C=O) groups is 1. The number of nitrogens with one attached hydrogen (secondary N) is 1. The number of ether oxygens (including phenoxy) is 2. The molecule has 0 aromatic carbocycles. The zero-order chi connectivity index (χ0) is 9.56. The summed E-state index contributed by atoms with van der Waals surface area (Å²) in [4.78, 5) is 11.2. The Balaban J connectivity index is 4.39. The van der Waals surface area contributed by atoms with Gasteiger partial charge in [0, 0.05) is 7.05 Å². The molecule has 1 N–H and O–H groups in total. The van der Waals surface area contributed by atoms with Crippen LogP contribution in [0.25, 0.3) is 0 Å². The van der Waals surface area contributed by atoms with Gasteiger partial charge in [-0.2, -0.15) is 0 Å². The van der Waals surface area contributed by atoms with Crippen LogP contribution in [0.1, 0.15) is 6.92 Å². The van der Waals surface area contributed by atoms with Crippen molar-refractivity contribution in [3.05, 3.63) is 10.8 Å². The largest absolute Gasteiger partial charge is 0.482 e. The lowest BCUT2D eigenvalue weighted by Gasteiger charge is -2.07. The van der Waals surface area contributed by atoms with Crippen molar-refractivity contribution in [3.8, 4) is 0 Å². The summed E-state index contributed by atoms with van der Waals surface area (Å²) in [6, 6.07) is 0. The third kappa shape index (κ3) is 3.04. The maximum absolute atomic E-state index is 11.0. The van der Waals surface area contributed by atoms with Crippen LogP contribution in [-0.4, -0.2) is 26.7 Å². The fourth-order valence-corrected chi connectivity index (χ4v) is 0.877. The van der Waals surface area contributed by atoms with E-state index >= 15 is 0 Å². The Morgan fingerprint density at radius 1 is 1.58 bits per heavy atom. The molecule has 0 saturated carbocycles. The van der Waals surface area contributed by atoms with Gasteiger partial charge in [0.2, 0.25) is 5.88 Å². The highest BCUT2D eigenvalue weighted by molar-refractivity contribution is 7.85. The van der Waals surface area contributed by atoms with Crippen molar-refractivity contribution in [2.75, 3.05) is 20.8 Å². The summed E-state index contributed by atoms with van der Waals surface area (Å²) < 4.78 is 9.52. The van der Waals surface area contributed by atoms with Crippen LogP contribution in [0.3, 0.4) is 0 Å². The summed E-state index contributed by atoms with van der Waals surface area (Å²) in [6.45, 7) is 2.05. The number of carbonyl (C=O) groups excluding carboxylic acids is 1. The Kier molecular flexibility index (Phi) is 5.36. The molecule has 70 valence electrons. The minimum absolute atomic E-state index is 0.141. The van der Waals surface area contributed by atoms with Crippen molar-refractivity contribution in [1.82, 2.24) is 5.32 Å². The van der Waals surface area contributed by atoms with Gasteiger partial charge < -0.3 is 14.8 Å². The van der Waals surface area contributed by atoms with Crippen LogP contribution in [-0.2, 0) is 14.3 Å². The highest BCUT2D eigenvalue weighted by Crippen LogP contribution is 2.08. The van der Waals surface area contributed by atoms with Crippen LogP contribution in [0, 0.1) is 0 Å². The van der Waals surface area contributed by atoms with E-state index in [0.717, 1.165) is 0 Å². The predicted molar refractivity (Wildman–Crippen MR) is 48.7 cm³/mol. The Morgan fingerprint density at radius 3 is 2.50 bits per heavy atom. The second-order valence-electron chi connectivity index (χ2n) is 1.85. The van der Waals surface area contributed by atoms with Gasteiger partial charge in [-0.25, -0.2) is 4.79 Å². The Morgan fingerprint density at radius 2 is 2.17 bits per heavy atom. The average molecular weight is 191 g/mol. The fraction of sp³-hybridized carbons (Fsp3) is 0.571. The molecule has 0 rings (SSSR count). The number of hydrogen-bond acceptors (Lipinski definition) is 5. The minimum atomic E-state index is -0.493. The molecule has 0 atom stereocenters. The lowest BCUT2D eigenvalue weighted by Crippen LogP contribution is -2.15. The molecule has 0 saturated heterocycles. The van der Waals surface area contributed by atoms with Gasteiger partial charge in [0.15, 0.2) is 0 Å². The summed E-state index contributed by atoms with van der Waals surface area (Å²) in [5.41, 5.74) is 0. The first-order valence-electron chi connectivity index (χ1n) is 3.49. The molecule has 0 aliphatic heterocycles. The van der Waals surface area contributed by atoms with E-state index in [9.17, 15) is 4.79 Å². The normalized spacial score (nSPS) is 11.7. The number of rotatable bonds is 4. The highest BCUT2D eigenvalue weighted by Gasteiger charge is 2.11. The molecule has 0 aliphatic rings. The Hall–Kier alpha value is -0.840. The molecule has 0 amide bonds. The van der Waals surface area contributed by atoms with Gasteiger partial charge in [-0.1, -0.05) is 0 Å². The third-order valence-corrected chi connectivity index (χ3v) is 1.50. The van der Waals surface area contributed by atoms with Crippen LogP contribution >= 0.6 is 12.6 Å². The van der Waals surface area contributed by atoms with Crippen LogP contribution in [0.5, 0.6) is 0 Å². The average Bonchev–Trinajstić information content (AvgIpc) is 2.07. The summed E-state index contributed by atoms with van der Waals surface area (Å²) >= 11 is 3.93. The van der Waals surface area contributed by atoms with Crippen molar-refractivity contribution in [3.63, 3.8) is 0 Å². The maximum atomic E-state index is 11.0. The van der Waals surface area contributed by atoms with E-state index in [-0.39, 0.29) is 4.91 Å². The van der Waals surface area contributed by atoms with Crippen LogP contribution in [0.2, 0.25) is 0 Å². The molecule has 0 aromatic heterocycles. The van der Waals surface area contributed by atoms with Crippen molar-refractivity contribution >= 4 is 18.6 Å². The maximum Gasteiger partial charge on any atom is 0.349 e. The number of thiol groups is 1. The first-order chi connectivity index (χ1) is 5.67. The molecule has 12 heavy (non-hydrogen) atoms. The van der Waals surface area contributed by atoms with Crippen molar-refractivity contribution < 1.29 is 14.3 Å². The first-order valence-corrected chi connectivity index (χ1v) is 3.94. The van der Waals surface area contributed by atoms with Gasteiger partial charge in [0.1, 0.15) is 4.91 Å². The second kappa shape index (κ2) is 5.77. The smallest absolute Gasteiger partial charge is 0.349 e. The zero-order valence-electron chi connectivity index (χ0n) is 7.38. The van der Waals surface area contributed by atoms with Crippen LogP contribution < -0.4 is 5.32 Å². The van der Waals surface area contributed by atoms with E-state index in [2.05, 4.69) is 17.9 Å². The number of methoxy groups -OCH3 is 1. The van der Waals surface area contributed by atoms with Gasteiger partial charge in [-0.05, 0) is 6.92 Å². The van der Waals surface area contributed by atoms with Gasteiger partial charge >= 0.3 is 5.97 Å². The lowest BCUT2D eigenvalue weighted by atomic mass is 10.5. The fourth-order valence-electron chi connectivity index (χ4n) is 0.609. The molecule has 0 aromatic rings. The SMILES string of the molecule is CCOC(=O)/C(S)=C(/NC)OC. The molecular weight excluding hydrogens is 178 g/mol. The van der Waals surface area contributed by atoms with Crippen LogP contribution in [0.15, 0.2) is 10.8 Å². The summed E-state index contributed by atoms with van der Waals surface area (Å²) in [6.07, 6.45) is 0. The summed E-state index contributed by atoms with van der Waals surface area (Å²) in [5, 5.41) is 2.67. The number of hydrogen-bond donors (Lipinski definition) is 2. The molecular formula is C7H13NO3S. The predicted octanol–water partition coefficient (Wildman–Crippen LogP) is 0.514. The molecule has 0 fully saturated rings. The monoisotopic (exact) mass is 191 g/mol. The second-order valence-corrected chi connectivity index (χ2v) is 2.30. The highest BCUT2D eigenvalue weighted by atomic mass is 32.1.